The van der Waals surface area contributed by atoms with Gasteiger partial charge < -0.3 is 4.57 Å². The van der Waals surface area contributed by atoms with E-state index in [-0.39, 0.29) is 5.78 Å². The summed E-state index contributed by atoms with van der Waals surface area (Å²) in [5.41, 5.74) is 2.27. The van der Waals surface area contributed by atoms with Gasteiger partial charge in [-0.3, -0.25) is 4.79 Å². The van der Waals surface area contributed by atoms with E-state index in [0.29, 0.717) is 0 Å². The number of benzene rings is 2. The van der Waals surface area contributed by atoms with Crippen LogP contribution in [0.2, 0.25) is 0 Å². The maximum Gasteiger partial charge on any atom is 0.152 e. The average Bonchev–Trinajstić information content (AvgIpc) is 2.73. The summed E-state index contributed by atoms with van der Waals surface area (Å²) in [5, 5.41) is 3.65. The molecule has 2 nitrogen and oxygen atoms in total. The van der Waals surface area contributed by atoms with Crippen LogP contribution in [0.15, 0.2) is 48.7 Å². The molecule has 0 amide bonds. The van der Waals surface area contributed by atoms with Gasteiger partial charge in [-0.2, -0.15) is 0 Å². The monoisotopic (exact) mass is 249 g/mol. The Balaban J connectivity index is 2.39. The summed E-state index contributed by atoms with van der Waals surface area (Å²) < 4.78 is 2.10. The molecular weight excluding hydrogens is 234 g/mol. The Morgan fingerprint density at radius 1 is 1.16 bits per heavy atom. The Labute approximate surface area is 112 Å². The largest absolute Gasteiger partial charge is 0.350 e. The Hall–Kier alpha value is -2.35. The third-order valence-electron chi connectivity index (χ3n) is 3.41. The Bertz CT molecular complexity index is 809. The highest BCUT2D eigenvalue weighted by Crippen LogP contribution is 2.30. The highest BCUT2D eigenvalue weighted by atomic mass is 16.1. The molecule has 0 fully saturated rings. The van der Waals surface area contributed by atoms with Gasteiger partial charge in [-0.25, -0.2) is 0 Å². The number of hydrogen-bond acceptors (Lipinski definition) is 1. The van der Waals surface area contributed by atoms with Crippen LogP contribution in [0.25, 0.3) is 27.8 Å². The molecule has 3 aromatic rings. The van der Waals surface area contributed by atoms with Gasteiger partial charge in [0.2, 0.25) is 0 Å². The summed E-state index contributed by atoms with van der Waals surface area (Å²) in [6.07, 6.45) is 5.59. The zero-order valence-electron chi connectivity index (χ0n) is 11.1. The van der Waals surface area contributed by atoms with Crippen molar-refractivity contribution in [2.75, 3.05) is 0 Å². The second-order valence-corrected chi connectivity index (χ2v) is 4.82. The first kappa shape index (κ1) is 11.7. The molecule has 0 bridgehead atoms. The molecule has 0 N–H and O–H groups in total. The van der Waals surface area contributed by atoms with E-state index in [9.17, 15) is 4.79 Å². The number of aryl methyl sites for hydroxylation is 1. The molecule has 0 radical (unpaired) electrons. The second-order valence-electron chi connectivity index (χ2n) is 4.82. The summed E-state index contributed by atoms with van der Waals surface area (Å²) in [6, 6.07) is 12.6. The van der Waals surface area contributed by atoms with Crippen LogP contribution in [0.5, 0.6) is 0 Å². The number of nitrogens with zero attached hydrogens (tertiary/aromatic N) is 1. The van der Waals surface area contributed by atoms with Crippen LogP contribution >= 0.6 is 0 Å². The van der Waals surface area contributed by atoms with E-state index >= 15 is 0 Å². The third-order valence-corrected chi connectivity index (χ3v) is 3.41. The topological polar surface area (TPSA) is 22.0 Å². The van der Waals surface area contributed by atoms with Gasteiger partial charge in [-0.15, -0.1) is 0 Å². The van der Waals surface area contributed by atoms with E-state index in [1.54, 1.807) is 13.0 Å². The van der Waals surface area contributed by atoms with Crippen LogP contribution < -0.4 is 0 Å². The molecule has 1 heterocycles. The molecule has 2 heteroatoms. The van der Waals surface area contributed by atoms with Crippen LogP contribution in [-0.4, -0.2) is 10.4 Å². The van der Waals surface area contributed by atoms with Crippen LogP contribution in [0.3, 0.4) is 0 Å². The molecule has 3 rings (SSSR count). The predicted octanol–water partition coefficient (Wildman–Crippen LogP) is 3.93. The van der Waals surface area contributed by atoms with Gasteiger partial charge in [0.15, 0.2) is 5.78 Å². The van der Waals surface area contributed by atoms with Gasteiger partial charge in [0, 0.05) is 29.7 Å². The van der Waals surface area contributed by atoms with Gasteiger partial charge in [-0.05, 0) is 35.9 Å². The quantitative estimate of drug-likeness (QED) is 0.631. The minimum atomic E-state index is 0.0669. The van der Waals surface area contributed by atoms with Crippen molar-refractivity contribution < 1.29 is 4.79 Å². The zero-order valence-corrected chi connectivity index (χ0v) is 11.1. The van der Waals surface area contributed by atoms with Gasteiger partial charge in [0.05, 0.1) is 0 Å². The molecule has 0 aliphatic heterocycles. The number of allylic oxidation sites excluding steroid dienone is 1. The third kappa shape index (κ3) is 1.95. The van der Waals surface area contributed by atoms with E-state index in [4.69, 9.17) is 0 Å². The number of carbonyl (C=O) groups is 1. The number of hydrogen-bond donors (Lipinski definition) is 0. The normalized spacial score (nSPS) is 11.7. The van der Waals surface area contributed by atoms with E-state index in [1.165, 1.54) is 21.7 Å². The number of carbonyl (C=O) groups excluding carboxylic acids is 1. The van der Waals surface area contributed by atoms with Crippen LogP contribution in [-0.2, 0) is 11.8 Å². The van der Waals surface area contributed by atoms with Crippen LogP contribution in [0.1, 0.15) is 12.5 Å². The van der Waals surface area contributed by atoms with Crippen molar-refractivity contribution in [3.63, 3.8) is 0 Å². The van der Waals surface area contributed by atoms with Crippen molar-refractivity contribution >= 4 is 33.5 Å². The van der Waals surface area contributed by atoms with Crippen LogP contribution in [0, 0.1) is 0 Å². The minimum absolute atomic E-state index is 0.0669. The van der Waals surface area contributed by atoms with Crippen molar-refractivity contribution in [2.24, 2.45) is 7.05 Å². The molecule has 0 saturated carbocycles. The van der Waals surface area contributed by atoms with Crippen molar-refractivity contribution in [3.8, 4) is 0 Å². The summed E-state index contributed by atoms with van der Waals surface area (Å²) >= 11 is 0. The standard InChI is InChI=1S/C17H15NO/c1-12(19)7-8-14-11-18(2)16-10-9-13-5-3-4-6-15(13)17(14)16/h3-11H,1-2H3/b8-7+. The summed E-state index contributed by atoms with van der Waals surface area (Å²) in [7, 11) is 2.03. The van der Waals surface area contributed by atoms with E-state index < -0.39 is 0 Å². The van der Waals surface area contributed by atoms with Gasteiger partial charge in [0.25, 0.3) is 0 Å². The fourth-order valence-electron chi connectivity index (χ4n) is 2.53. The summed E-state index contributed by atoms with van der Waals surface area (Å²) in [5.74, 6) is 0.0669. The number of fused-ring (bicyclic) bond motifs is 3. The number of aromatic nitrogens is 1. The van der Waals surface area contributed by atoms with Crippen LogP contribution in [0.4, 0.5) is 0 Å². The molecule has 1 aromatic heterocycles. The molecule has 0 saturated heterocycles. The molecule has 0 spiro atoms. The van der Waals surface area contributed by atoms with E-state index in [1.807, 2.05) is 25.3 Å². The van der Waals surface area contributed by atoms with E-state index in [0.717, 1.165) is 5.56 Å². The molecule has 0 atom stereocenters. The average molecular weight is 249 g/mol. The van der Waals surface area contributed by atoms with Crippen molar-refractivity contribution in [2.45, 2.75) is 6.92 Å². The Morgan fingerprint density at radius 2 is 1.95 bits per heavy atom. The SMILES string of the molecule is CC(=O)/C=C/c1cn(C)c2ccc3ccccc3c12. The highest BCUT2D eigenvalue weighted by molar-refractivity contribution is 6.11. The molecule has 19 heavy (non-hydrogen) atoms. The highest BCUT2D eigenvalue weighted by Gasteiger charge is 2.08. The Kier molecular flexibility index (Phi) is 2.71. The van der Waals surface area contributed by atoms with Crippen molar-refractivity contribution in [1.82, 2.24) is 4.57 Å². The fourth-order valence-corrected chi connectivity index (χ4v) is 2.53. The van der Waals surface area contributed by atoms with Crippen molar-refractivity contribution in [3.05, 3.63) is 54.2 Å². The lowest BCUT2D eigenvalue weighted by molar-refractivity contribution is -0.112. The van der Waals surface area contributed by atoms with E-state index in [2.05, 4.69) is 35.0 Å². The number of ketones is 1. The Morgan fingerprint density at radius 3 is 2.74 bits per heavy atom. The van der Waals surface area contributed by atoms with Crippen molar-refractivity contribution in [1.29, 1.82) is 0 Å². The lowest BCUT2D eigenvalue weighted by atomic mass is 10.0. The van der Waals surface area contributed by atoms with Gasteiger partial charge in [-0.1, -0.05) is 30.3 Å². The lowest BCUT2D eigenvalue weighted by Gasteiger charge is -2.01. The smallest absolute Gasteiger partial charge is 0.152 e. The van der Waals surface area contributed by atoms with Gasteiger partial charge in [0.1, 0.15) is 0 Å². The molecule has 2 aromatic carbocycles. The molecule has 0 unspecified atom stereocenters. The molecule has 0 aliphatic rings. The maximum absolute atomic E-state index is 11.1. The minimum Gasteiger partial charge on any atom is -0.350 e. The first-order valence-electron chi connectivity index (χ1n) is 6.32. The predicted molar refractivity (Wildman–Crippen MR) is 80.1 cm³/mol. The summed E-state index contributed by atoms with van der Waals surface area (Å²) in [6.45, 7) is 1.57. The molecule has 94 valence electrons. The molecular formula is C17H15NO. The summed E-state index contributed by atoms with van der Waals surface area (Å²) in [4.78, 5) is 11.1. The second kappa shape index (κ2) is 4.39. The first-order valence-corrected chi connectivity index (χ1v) is 6.32. The molecule has 0 aliphatic carbocycles. The van der Waals surface area contributed by atoms with Gasteiger partial charge >= 0.3 is 0 Å². The maximum atomic E-state index is 11.1. The first-order chi connectivity index (χ1) is 9.16. The fraction of sp³-hybridized carbons (Fsp3) is 0.118. The number of rotatable bonds is 2. The zero-order chi connectivity index (χ0) is 13.4. The lowest BCUT2D eigenvalue weighted by Crippen LogP contribution is -1.83.